The molecule has 1 aliphatic carbocycles. The van der Waals surface area contributed by atoms with Crippen LogP contribution in [0.1, 0.15) is 54.4 Å². The minimum absolute atomic E-state index is 0.377. The van der Waals surface area contributed by atoms with Crippen LogP contribution in [0.25, 0.3) is 0 Å². The normalized spacial score (nSPS) is 35.1. The van der Waals surface area contributed by atoms with Crippen LogP contribution in [0.15, 0.2) is 0 Å². The van der Waals surface area contributed by atoms with Gasteiger partial charge in [-0.25, -0.2) is 0 Å². The van der Waals surface area contributed by atoms with E-state index < -0.39 is 0 Å². The number of nitrogens with zero attached hydrogens (tertiary/aromatic N) is 1. The Bertz CT molecular complexity index is 296. The molecule has 0 aromatic rings. The van der Waals surface area contributed by atoms with Gasteiger partial charge in [0.1, 0.15) is 0 Å². The van der Waals surface area contributed by atoms with Gasteiger partial charge in [0.2, 0.25) is 0 Å². The van der Waals surface area contributed by atoms with E-state index in [0.29, 0.717) is 11.6 Å². The summed E-state index contributed by atoms with van der Waals surface area (Å²) in [5, 5.41) is 3.88. The predicted molar refractivity (Wildman–Crippen MR) is 83.3 cm³/mol. The molecule has 2 heteroatoms. The van der Waals surface area contributed by atoms with E-state index in [2.05, 4.69) is 51.8 Å². The first-order valence-corrected chi connectivity index (χ1v) is 8.32. The fourth-order valence-electron chi connectivity index (χ4n) is 3.49. The van der Waals surface area contributed by atoms with E-state index in [9.17, 15) is 0 Å². The molecule has 1 saturated heterocycles. The Balaban J connectivity index is 2.04. The Hall–Kier alpha value is -0.0800. The molecule has 3 unspecified atom stereocenters. The summed E-state index contributed by atoms with van der Waals surface area (Å²) in [6.07, 6.45) is 2.87. The highest BCUT2D eigenvalue weighted by atomic mass is 15.3. The van der Waals surface area contributed by atoms with Crippen molar-refractivity contribution >= 4 is 0 Å². The highest BCUT2D eigenvalue weighted by Crippen LogP contribution is 2.42. The zero-order chi connectivity index (χ0) is 14.2. The van der Waals surface area contributed by atoms with Crippen molar-refractivity contribution in [3.8, 4) is 0 Å². The van der Waals surface area contributed by atoms with E-state index in [1.54, 1.807) is 0 Å². The molecule has 1 N–H and O–H groups in total. The summed E-state index contributed by atoms with van der Waals surface area (Å²) in [5.41, 5.74) is 0.377. The molecule has 0 bridgehead atoms. The number of rotatable bonds is 5. The minimum atomic E-state index is 0.377. The van der Waals surface area contributed by atoms with Gasteiger partial charge < -0.3 is 5.32 Å². The van der Waals surface area contributed by atoms with Crippen LogP contribution >= 0.6 is 0 Å². The standard InChI is InChI=1S/C17H34N2/c1-12(2)14(5)10-19-11-17(6,15-7-8-15)18-9-16(19)13(3)4/h12-16,18H,7-11H2,1-6H3. The van der Waals surface area contributed by atoms with E-state index >= 15 is 0 Å². The Morgan fingerprint density at radius 2 is 1.79 bits per heavy atom. The molecule has 3 atom stereocenters. The number of nitrogens with one attached hydrogen (secondary N) is 1. The topological polar surface area (TPSA) is 15.3 Å². The zero-order valence-corrected chi connectivity index (χ0v) is 13.9. The monoisotopic (exact) mass is 266 g/mol. The smallest absolute Gasteiger partial charge is 0.0309 e. The lowest BCUT2D eigenvalue weighted by molar-refractivity contribution is 0.0366. The molecule has 2 aliphatic rings. The molecule has 0 radical (unpaired) electrons. The number of piperazine rings is 1. The van der Waals surface area contributed by atoms with Crippen molar-refractivity contribution < 1.29 is 0 Å². The van der Waals surface area contributed by atoms with Crippen molar-refractivity contribution in [3.05, 3.63) is 0 Å². The molecule has 0 aromatic carbocycles. The summed E-state index contributed by atoms with van der Waals surface area (Å²) in [6.45, 7) is 18.0. The molecular weight excluding hydrogens is 232 g/mol. The van der Waals surface area contributed by atoms with Crippen molar-refractivity contribution in [3.63, 3.8) is 0 Å². The second kappa shape index (κ2) is 5.73. The lowest BCUT2D eigenvalue weighted by Gasteiger charge is -2.49. The second-order valence-corrected chi connectivity index (χ2v) is 8.03. The summed E-state index contributed by atoms with van der Waals surface area (Å²) < 4.78 is 0. The van der Waals surface area contributed by atoms with Gasteiger partial charge in [0.05, 0.1) is 0 Å². The highest BCUT2D eigenvalue weighted by Gasteiger charge is 2.46. The summed E-state index contributed by atoms with van der Waals surface area (Å²) >= 11 is 0. The summed E-state index contributed by atoms with van der Waals surface area (Å²) in [4.78, 5) is 2.80. The average Bonchev–Trinajstić information content (AvgIpc) is 3.12. The van der Waals surface area contributed by atoms with Gasteiger partial charge in [-0.3, -0.25) is 4.90 Å². The van der Waals surface area contributed by atoms with Crippen LogP contribution in [0.4, 0.5) is 0 Å². The van der Waals surface area contributed by atoms with Crippen LogP contribution in [0.2, 0.25) is 0 Å². The number of hydrogen-bond acceptors (Lipinski definition) is 2. The fraction of sp³-hybridized carbons (Fsp3) is 1.00. The maximum atomic E-state index is 3.88. The SMILES string of the molecule is CC(C)C(C)CN1CC(C)(C2CC2)NCC1C(C)C. The van der Waals surface area contributed by atoms with Gasteiger partial charge in [-0.05, 0) is 43.4 Å². The molecular formula is C17H34N2. The first kappa shape index (κ1) is 15.3. The molecule has 2 rings (SSSR count). The molecule has 2 fully saturated rings. The lowest BCUT2D eigenvalue weighted by Crippen LogP contribution is -2.65. The molecule has 1 heterocycles. The largest absolute Gasteiger partial charge is 0.308 e. The van der Waals surface area contributed by atoms with Crippen molar-refractivity contribution in [2.24, 2.45) is 23.7 Å². The van der Waals surface area contributed by atoms with Crippen molar-refractivity contribution in [1.29, 1.82) is 0 Å². The third kappa shape index (κ3) is 3.52. The molecule has 19 heavy (non-hydrogen) atoms. The van der Waals surface area contributed by atoms with Gasteiger partial charge in [0.25, 0.3) is 0 Å². The van der Waals surface area contributed by atoms with Gasteiger partial charge in [0, 0.05) is 31.2 Å². The predicted octanol–water partition coefficient (Wildman–Crippen LogP) is 3.38. The van der Waals surface area contributed by atoms with Crippen molar-refractivity contribution in [2.45, 2.75) is 66.0 Å². The average molecular weight is 266 g/mol. The lowest BCUT2D eigenvalue weighted by atomic mass is 9.86. The second-order valence-electron chi connectivity index (χ2n) is 8.03. The molecule has 0 aromatic heterocycles. The molecule has 1 aliphatic heterocycles. The van der Waals surface area contributed by atoms with Crippen LogP contribution in [-0.4, -0.2) is 36.1 Å². The van der Waals surface area contributed by atoms with Crippen molar-refractivity contribution in [2.75, 3.05) is 19.6 Å². The van der Waals surface area contributed by atoms with Crippen LogP contribution in [-0.2, 0) is 0 Å². The van der Waals surface area contributed by atoms with E-state index in [4.69, 9.17) is 0 Å². The molecule has 1 saturated carbocycles. The van der Waals surface area contributed by atoms with Crippen LogP contribution < -0.4 is 5.32 Å². The maximum Gasteiger partial charge on any atom is 0.0309 e. The maximum absolute atomic E-state index is 3.88. The Morgan fingerprint density at radius 3 is 2.26 bits per heavy atom. The van der Waals surface area contributed by atoms with Crippen LogP contribution in [0.5, 0.6) is 0 Å². The molecule has 2 nitrogen and oxygen atoms in total. The third-order valence-electron chi connectivity index (χ3n) is 5.62. The third-order valence-corrected chi connectivity index (χ3v) is 5.62. The van der Waals surface area contributed by atoms with E-state index in [1.165, 1.54) is 32.5 Å². The van der Waals surface area contributed by atoms with E-state index in [1.807, 2.05) is 0 Å². The summed E-state index contributed by atoms with van der Waals surface area (Å²) in [6, 6.07) is 0.716. The molecule has 0 amide bonds. The Kier molecular flexibility index (Phi) is 4.62. The Labute approximate surface area is 120 Å². The Morgan fingerprint density at radius 1 is 1.16 bits per heavy atom. The summed E-state index contributed by atoms with van der Waals surface area (Å²) in [7, 11) is 0. The fourth-order valence-corrected chi connectivity index (χ4v) is 3.49. The minimum Gasteiger partial charge on any atom is -0.308 e. The van der Waals surface area contributed by atoms with Gasteiger partial charge in [-0.2, -0.15) is 0 Å². The highest BCUT2D eigenvalue weighted by molar-refractivity contribution is 5.04. The molecule has 0 spiro atoms. The van der Waals surface area contributed by atoms with Gasteiger partial charge >= 0.3 is 0 Å². The molecule has 112 valence electrons. The first-order chi connectivity index (χ1) is 8.83. The van der Waals surface area contributed by atoms with Gasteiger partial charge in [-0.15, -0.1) is 0 Å². The van der Waals surface area contributed by atoms with Crippen molar-refractivity contribution in [1.82, 2.24) is 10.2 Å². The zero-order valence-electron chi connectivity index (χ0n) is 13.9. The van der Waals surface area contributed by atoms with Crippen LogP contribution in [0, 0.1) is 23.7 Å². The van der Waals surface area contributed by atoms with Crippen LogP contribution in [0.3, 0.4) is 0 Å². The quantitative estimate of drug-likeness (QED) is 0.820. The van der Waals surface area contributed by atoms with E-state index in [0.717, 1.165) is 23.7 Å². The van der Waals surface area contributed by atoms with Gasteiger partial charge in [0.15, 0.2) is 0 Å². The number of hydrogen-bond donors (Lipinski definition) is 1. The van der Waals surface area contributed by atoms with E-state index in [-0.39, 0.29) is 0 Å². The first-order valence-electron chi connectivity index (χ1n) is 8.32. The summed E-state index contributed by atoms with van der Waals surface area (Å²) in [5.74, 6) is 3.26. The van der Waals surface area contributed by atoms with Gasteiger partial charge in [-0.1, -0.05) is 34.6 Å².